The van der Waals surface area contributed by atoms with E-state index in [1.54, 1.807) is 24.5 Å². The van der Waals surface area contributed by atoms with Gasteiger partial charge >= 0.3 is 18.4 Å². The summed E-state index contributed by atoms with van der Waals surface area (Å²) in [5.74, 6) is 1.27. The third-order valence-electron chi connectivity index (χ3n) is 6.95. The van der Waals surface area contributed by atoms with Gasteiger partial charge in [0, 0.05) is 36.9 Å². The first-order valence-corrected chi connectivity index (χ1v) is 11.9. The van der Waals surface area contributed by atoms with E-state index < -0.39 is 24.5 Å². The number of benzene rings is 1. The predicted octanol–water partition coefficient (Wildman–Crippen LogP) is 6.24. The van der Waals surface area contributed by atoms with Crippen molar-refractivity contribution >= 4 is 6.09 Å². The largest absolute Gasteiger partial charge is 0.455 e. The van der Waals surface area contributed by atoms with Crippen molar-refractivity contribution in [3.05, 3.63) is 53.9 Å². The molecule has 0 aliphatic carbocycles. The molecule has 0 radical (unpaired) electrons. The Labute approximate surface area is 210 Å². The molecule has 1 aromatic carbocycles. The summed E-state index contributed by atoms with van der Waals surface area (Å²) in [6.07, 6.45) is -11.4. The molecule has 0 unspecified atom stereocenters. The van der Waals surface area contributed by atoms with Gasteiger partial charge in [-0.25, -0.2) is 4.79 Å². The molecule has 2 fully saturated rings. The van der Waals surface area contributed by atoms with Gasteiger partial charge in [-0.3, -0.25) is 9.88 Å². The number of amides is 1. The molecule has 1 aromatic heterocycles. The molecule has 0 atom stereocenters. The molecule has 0 bridgehead atoms. The van der Waals surface area contributed by atoms with Gasteiger partial charge in [-0.1, -0.05) is 12.1 Å². The molecule has 3 heterocycles. The highest BCUT2D eigenvalue weighted by atomic mass is 19.4. The average molecular weight is 531 g/mol. The number of carbonyl (C=O) groups is 1. The molecule has 12 heteroatoms. The topological polar surface area (TPSA) is 54.9 Å². The van der Waals surface area contributed by atoms with E-state index in [1.165, 1.54) is 0 Å². The van der Waals surface area contributed by atoms with Crippen LogP contribution in [-0.4, -0.2) is 64.5 Å². The summed E-state index contributed by atoms with van der Waals surface area (Å²) in [7, 11) is 0. The second-order valence-corrected chi connectivity index (χ2v) is 9.49. The molecule has 2 aromatic rings. The Bertz CT molecular complexity index is 1070. The molecule has 0 N–H and O–H groups in total. The van der Waals surface area contributed by atoms with Gasteiger partial charge in [-0.15, -0.1) is 0 Å². The number of rotatable bonds is 5. The number of carbonyl (C=O) groups excluding carboxylic acids is 1. The minimum Gasteiger partial charge on any atom is -0.455 e. The maximum atomic E-state index is 12.8. The van der Waals surface area contributed by atoms with Crippen LogP contribution in [0.4, 0.5) is 31.1 Å². The van der Waals surface area contributed by atoms with Crippen LogP contribution >= 0.6 is 0 Å². The highest BCUT2D eigenvalue weighted by Crippen LogP contribution is 2.41. The number of alkyl halides is 6. The number of pyridine rings is 1. The van der Waals surface area contributed by atoms with Crippen molar-refractivity contribution in [1.82, 2.24) is 14.8 Å². The summed E-state index contributed by atoms with van der Waals surface area (Å²) < 4.78 is 86.8. The molecular formula is C25H27F6N3O3. The molecule has 202 valence electrons. The minimum atomic E-state index is -5.74. The van der Waals surface area contributed by atoms with E-state index in [0.29, 0.717) is 30.9 Å². The maximum absolute atomic E-state index is 12.8. The first kappa shape index (κ1) is 27.0. The predicted molar refractivity (Wildman–Crippen MR) is 121 cm³/mol. The molecular weight excluding hydrogens is 504 g/mol. The number of likely N-dealkylation sites (tertiary alicyclic amines) is 2. The summed E-state index contributed by atoms with van der Waals surface area (Å²) in [4.78, 5) is 19.5. The number of piperidine rings is 1. The van der Waals surface area contributed by atoms with Crippen LogP contribution in [0.2, 0.25) is 0 Å². The Morgan fingerprint density at radius 2 is 1.76 bits per heavy atom. The normalized spacial score (nSPS) is 18.4. The van der Waals surface area contributed by atoms with Crippen LogP contribution in [0.1, 0.15) is 36.8 Å². The third-order valence-corrected chi connectivity index (χ3v) is 6.95. The number of aromatic nitrogens is 1. The molecule has 6 nitrogen and oxygen atoms in total. The number of halogens is 6. The second kappa shape index (κ2) is 10.4. The van der Waals surface area contributed by atoms with Crippen molar-refractivity contribution in [2.75, 3.05) is 19.6 Å². The number of nitrogens with zero attached hydrogens (tertiary/aromatic N) is 3. The fourth-order valence-corrected chi connectivity index (χ4v) is 5.03. The highest BCUT2D eigenvalue weighted by Gasteiger charge is 2.60. The van der Waals surface area contributed by atoms with E-state index in [0.717, 1.165) is 35.4 Å². The van der Waals surface area contributed by atoms with Crippen molar-refractivity contribution < 1.29 is 40.6 Å². The summed E-state index contributed by atoms with van der Waals surface area (Å²) >= 11 is 0. The molecule has 1 spiro atoms. The van der Waals surface area contributed by atoms with Crippen molar-refractivity contribution in [2.24, 2.45) is 0 Å². The Balaban J connectivity index is 1.43. The van der Waals surface area contributed by atoms with Crippen LogP contribution in [0.25, 0.3) is 0 Å². The number of hydrogen-bond acceptors (Lipinski definition) is 5. The SMILES string of the molecule is Cc1ccc(CN2CCCC23CCN(C(=O)OC(C(F)(F)F)C(F)(F)F)CC3)c(Oc2cccnc2)c1. The van der Waals surface area contributed by atoms with Crippen molar-refractivity contribution in [2.45, 2.75) is 63.1 Å². The van der Waals surface area contributed by atoms with Gasteiger partial charge in [-0.05, 0) is 62.9 Å². The fraction of sp³-hybridized carbons (Fsp3) is 0.520. The molecule has 1 amide bonds. The summed E-state index contributed by atoms with van der Waals surface area (Å²) in [6, 6.07) is 9.46. The second-order valence-electron chi connectivity index (χ2n) is 9.49. The van der Waals surface area contributed by atoms with Gasteiger partial charge in [0.05, 0.1) is 6.20 Å². The van der Waals surface area contributed by atoms with E-state index in [1.807, 2.05) is 25.1 Å². The maximum Gasteiger partial charge on any atom is 0.434 e. The lowest BCUT2D eigenvalue weighted by atomic mass is 9.85. The van der Waals surface area contributed by atoms with Gasteiger partial charge in [0.1, 0.15) is 11.5 Å². The molecule has 2 aliphatic heterocycles. The Morgan fingerprint density at radius 1 is 1.05 bits per heavy atom. The monoisotopic (exact) mass is 531 g/mol. The zero-order valence-electron chi connectivity index (χ0n) is 20.1. The van der Waals surface area contributed by atoms with Gasteiger partial charge in [0.15, 0.2) is 0 Å². The summed E-state index contributed by atoms with van der Waals surface area (Å²) in [5.41, 5.74) is 1.64. The lowest BCUT2D eigenvalue weighted by Crippen LogP contribution is -2.54. The minimum absolute atomic E-state index is 0.00467. The van der Waals surface area contributed by atoms with E-state index in [9.17, 15) is 31.1 Å². The first-order chi connectivity index (χ1) is 17.4. The van der Waals surface area contributed by atoms with E-state index in [4.69, 9.17) is 4.74 Å². The third kappa shape index (κ3) is 6.28. The van der Waals surface area contributed by atoms with Gasteiger partial charge in [0.2, 0.25) is 0 Å². The average Bonchev–Trinajstić information content (AvgIpc) is 3.20. The fourth-order valence-electron chi connectivity index (χ4n) is 5.03. The van der Waals surface area contributed by atoms with Gasteiger partial charge in [0.25, 0.3) is 6.10 Å². The lowest BCUT2D eigenvalue weighted by molar-refractivity contribution is -0.308. The van der Waals surface area contributed by atoms with Crippen molar-refractivity contribution in [1.29, 1.82) is 0 Å². The zero-order valence-corrected chi connectivity index (χ0v) is 20.1. The van der Waals surface area contributed by atoms with Crippen molar-refractivity contribution in [3.63, 3.8) is 0 Å². The quantitative estimate of drug-likeness (QED) is 0.428. The van der Waals surface area contributed by atoms with Crippen LogP contribution in [0.3, 0.4) is 0 Å². The van der Waals surface area contributed by atoms with Gasteiger partial charge < -0.3 is 14.4 Å². The highest BCUT2D eigenvalue weighted by molar-refractivity contribution is 5.68. The Kier molecular flexibility index (Phi) is 7.59. The number of aryl methyl sites for hydroxylation is 1. The summed E-state index contributed by atoms with van der Waals surface area (Å²) in [6.45, 7) is 3.28. The van der Waals surface area contributed by atoms with Crippen LogP contribution < -0.4 is 4.74 Å². The smallest absolute Gasteiger partial charge is 0.434 e. The summed E-state index contributed by atoms with van der Waals surface area (Å²) in [5, 5.41) is 0. The molecule has 2 saturated heterocycles. The Morgan fingerprint density at radius 3 is 2.38 bits per heavy atom. The van der Waals surface area contributed by atoms with Crippen LogP contribution in [0.5, 0.6) is 11.5 Å². The first-order valence-electron chi connectivity index (χ1n) is 11.9. The van der Waals surface area contributed by atoms with E-state index in [2.05, 4.69) is 14.6 Å². The van der Waals surface area contributed by atoms with E-state index in [-0.39, 0.29) is 18.6 Å². The van der Waals surface area contributed by atoms with Gasteiger partial charge in [-0.2, -0.15) is 26.3 Å². The number of ether oxygens (including phenoxy) is 2. The van der Waals surface area contributed by atoms with Crippen LogP contribution in [0.15, 0.2) is 42.7 Å². The van der Waals surface area contributed by atoms with Crippen molar-refractivity contribution in [3.8, 4) is 11.5 Å². The van der Waals surface area contributed by atoms with E-state index >= 15 is 0 Å². The van der Waals surface area contributed by atoms with Crippen LogP contribution in [0, 0.1) is 6.92 Å². The van der Waals surface area contributed by atoms with Crippen LogP contribution in [-0.2, 0) is 11.3 Å². The molecule has 4 rings (SSSR count). The Hall–Kier alpha value is -3.02. The number of hydrogen-bond donors (Lipinski definition) is 0. The lowest BCUT2D eigenvalue weighted by Gasteiger charge is -2.45. The molecule has 2 aliphatic rings. The molecule has 37 heavy (non-hydrogen) atoms. The zero-order chi connectivity index (χ0) is 26.8. The standard InChI is InChI=1S/C25H27F6N3O3/c1-17-5-6-18(20(14-17)36-19-4-2-10-32-15-19)16-34-11-3-7-23(34)8-12-33(13-9-23)22(35)37-21(24(26,27)28)25(29,30)31/h2,4-6,10,14-15,21H,3,7-9,11-13,16H2,1H3. The molecule has 0 saturated carbocycles.